The van der Waals surface area contributed by atoms with E-state index in [0.29, 0.717) is 16.6 Å². The lowest BCUT2D eigenvalue weighted by molar-refractivity contribution is 0.0989. The fraction of sp³-hybridized carbons (Fsp3) is 0.0526. The number of carbonyl (C=O) groups excluding carboxylic acids is 2. The van der Waals surface area contributed by atoms with E-state index in [9.17, 15) is 9.59 Å². The highest BCUT2D eigenvalue weighted by atomic mass is 32.2. The zero-order valence-electron chi connectivity index (χ0n) is 12.9. The molecule has 4 rings (SSSR count). The summed E-state index contributed by atoms with van der Waals surface area (Å²) in [6.07, 6.45) is 3.44. The molecule has 0 aromatic heterocycles. The third-order valence-corrected chi connectivity index (χ3v) is 5.37. The van der Waals surface area contributed by atoms with Gasteiger partial charge in [-0.05, 0) is 24.3 Å². The van der Waals surface area contributed by atoms with Crippen molar-refractivity contribution in [2.24, 2.45) is 0 Å². The van der Waals surface area contributed by atoms with E-state index in [0.717, 1.165) is 15.6 Å². The van der Waals surface area contributed by atoms with Crippen molar-refractivity contribution in [3.8, 4) is 0 Å². The number of fused-ring (bicyclic) bond motifs is 2. The first-order chi connectivity index (χ1) is 11.6. The number of allylic oxidation sites excluding steroid dienone is 3. The first-order valence-corrected chi connectivity index (χ1v) is 8.29. The Morgan fingerprint density at radius 3 is 2.54 bits per heavy atom. The highest BCUT2D eigenvalue weighted by Gasteiger charge is 2.32. The number of ketones is 2. The van der Waals surface area contributed by atoms with Crippen LogP contribution in [0, 0.1) is 0 Å². The van der Waals surface area contributed by atoms with Gasteiger partial charge >= 0.3 is 0 Å². The molecule has 0 unspecified atom stereocenters. The summed E-state index contributed by atoms with van der Waals surface area (Å²) < 4.78 is 0. The van der Waals surface area contributed by atoms with Gasteiger partial charge in [0.15, 0.2) is 11.6 Å². The molecule has 2 radical (unpaired) electrons. The molecule has 0 atom stereocenters. The highest BCUT2D eigenvalue weighted by Crippen LogP contribution is 2.44. The van der Waals surface area contributed by atoms with E-state index in [1.807, 2.05) is 36.2 Å². The molecule has 0 spiro atoms. The van der Waals surface area contributed by atoms with Gasteiger partial charge in [-0.15, -0.1) is 0 Å². The minimum atomic E-state index is -0.262. The van der Waals surface area contributed by atoms with Crippen LogP contribution in [-0.4, -0.2) is 26.5 Å². The topological polar surface area (TPSA) is 37.4 Å². The van der Waals surface area contributed by atoms with Gasteiger partial charge in [0.2, 0.25) is 0 Å². The van der Waals surface area contributed by atoms with Gasteiger partial charge < -0.3 is 4.90 Å². The minimum absolute atomic E-state index is 0.188. The zero-order valence-corrected chi connectivity index (χ0v) is 13.8. The number of hydrogen-bond acceptors (Lipinski definition) is 4. The molecule has 2 aliphatic rings. The Morgan fingerprint density at radius 1 is 1.00 bits per heavy atom. The average molecular weight is 329 g/mol. The van der Waals surface area contributed by atoms with E-state index in [1.54, 1.807) is 36.0 Å². The summed E-state index contributed by atoms with van der Waals surface area (Å²) in [6.45, 7) is 0. The van der Waals surface area contributed by atoms with Crippen LogP contribution in [0.25, 0.3) is 0 Å². The first kappa shape index (κ1) is 15.0. The molecule has 0 bridgehead atoms. The van der Waals surface area contributed by atoms with Crippen LogP contribution in [0.4, 0.5) is 5.69 Å². The maximum Gasteiger partial charge on any atom is 0.197 e. The van der Waals surface area contributed by atoms with Gasteiger partial charge in [-0.1, -0.05) is 47.6 Å². The maximum atomic E-state index is 12.5. The van der Waals surface area contributed by atoms with Gasteiger partial charge in [0.05, 0.1) is 16.3 Å². The van der Waals surface area contributed by atoms with E-state index < -0.39 is 0 Å². The minimum Gasteiger partial charge on any atom is -0.338 e. The molecule has 1 heterocycles. The number of carbonyl (C=O) groups is 2. The van der Waals surface area contributed by atoms with Gasteiger partial charge in [0.1, 0.15) is 7.85 Å². The van der Waals surface area contributed by atoms with Crippen LogP contribution >= 0.6 is 11.8 Å². The number of benzene rings is 2. The Balaban J connectivity index is 1.69. The predicted octanol–water partition coefficient (Wildman–Crippen LogP) is 2.87. The number of para-hydroxylation sites is 1. The van der Waals surface area contributed by atoms with Crippen molar-refractivity contribution < 1.29 is 9.59 Å². The van der Waals surface area contributed by atoms with Crippen molar-refractivity contribution in [1.82, 2.24) is 0 Å². The lowest BCUT2D eigenvalue weighted by Gasteiger charge is -2.12. The Kier molecular flexibility index (Phi) is 3.46. The number of nitrogens with zero attached hydrogens (tertiary/aromatic N) is 1. The largest absolute Gasteiger partial charge is 0.338 e. The number of hydrogen-bond donors (Lipinski definition) is 0. The van der Waals surface area contributed by atoms with Gasteiger partial charge in [-0.2, -0.15) is 0 Å². The number of thioether (sulfide) groups is 1. The van der Waals surface area contributed by atoms with Crippen LogP contribution in [0.2, 0.25) is 0 Å². The molecule has 1 aliphatic heterocycles. The molecule has 5 heteroatoms. The molecule has 114 valence electrons. The van der Waals surface area contributed by atoms with Crippen molar-refractivity contribution in [3.05, 3.63) is 76.3 Å². The van der Waals surface area contributed by atoms with Gasteiger partial charge in [-0.25, -0.2) is 0 Å². The molecule has 0 N–H and O–H groups in total. The molecule has 2 aromatic rings. The summed E-state index contributed by atoms with van der Waals surface area (Å²) in [5.41, 5.74) is 2.60. The molecular weight excluding hydrogens is 317 g/mol. The van der Waals surface area contributed by atoms with E-state index in [1.165, 1.54) is 0 Å². The van der Waals surface area contributed by atoms with E-state index >= 15 is 0 Å². The van der Waals surface area contributed by atoms with Gasteiger partial charge in [0, 0.05) is 23.1 Å². The zero-order chi connectivity index (χ0) is 16.8. The Bertz CT molecular complexity index is 962. The normalized spacial score (nSPS) is 19.3. The molecule has 3 nitrogen and oxygen atoms in total. The van der Waals surface area contributed by atoms with E-state index in [-0.39, 0.29) is 17.1 Å². The number of Topliss-reactive ketones (excluding diaryl/α,β-unsaturated/α-hetero) is 2. The van der Waals surface area contributed by atoms with Gasteiger partial charge in [0.25, 0.3) is 0 Å². The lowest BCUT2D eigenvalue weighted by Crippen LogP contribution is -2.09. The number of anilines is 1. The molecule has 0 amide bonds. The fourth-order valence-electron chi connectivity index (χ4n) is 2.91. The molecule has 0 fully saturated rings. The van der Waals surface area contributed by atoms with Crippen LogP contribution in [-0.2, 0) is 0 Å². The van der Waals surface area contributed by atoms with Crippen molar-refractivity contribution in [2.45, 2.75) is 4.90 Å². The predicted molar refractivity (Wildman–Crippen MR) is 97.4 cm³/mol. The standard InChI is InChI=1S/C19H12BNO2S/c1-21-15-4-2-3-5-16(15)24-17(21)9-8-13-18(22)12-7-6-11(20)10-14(12)19(13)23/h2-10H,1H3/b13-8+,17-9-. The fourth-order valence-corrected chi connectivity index (χ4v) is 3.97. The summed E-state index contributed by atoms with van der Waals surface area (Å²) in [5, 5.41) is 0.972. The molecule has 0 saturated heterocycles. The maximum absolute atomic E-state index is 12.5. The lowest BCUT2D eigenvalue weighted by atomic mass is 9.93. The summed E-state index contributed by atoms with van der Waals surface area (Å²) in [7, 11) is 7.69. The Hall–Kier alpha value is -2.53. The smallest absolute Gasteiger partial charge is 0.197 e. The first-order valence-electron chi connectivity index (χ1n) is 7.48. The summed E-state index contributed by atoms with van der Waals surface area (Å²) >= 11 is 1.62. The third kappa shape index (κ3) is 2.24. The summed E-state index contributed by atoms with van der Waals surface area (Å²) in [5.74, 6) is -0.502. The quantitative estimate of drug-likeness (QED) is 0.458. The van der Waals surface area contributed by atoms with Crippen LogP contribution in [0.3, 0.4) is 0 Å². The Labute approximate surface area is 145 Å². The van der Waals surface area contributed by atoms with Crippen LogP contribution in [0.15, 0.2) is 70.1 Å². The Morgan fingerprint density at radius 2 is 1.75 bits per heavy atom. The van der Waals surface area contributed by atoms with Crippen LogP contribution in [0.5, 0.6) is 0 Å². The SMILES string of the molecule is [B]c1ccc2c(c1)C(=O)/C(=C/C=C1\Sc3ccccc3N1C)C2=O. The second-order valence-electron chi connectivity index (χ2n) is 5.68. The van der Waals surface area contributed by atoms with Crippen LogP contribution in [0.1, 0.15) is 20.7 Å². The van der Waals surface area contributed by atoms with Crippen molar-refractivity contribution in [2.75, 3.05) is 11.9 Å². The monoisotopic (exact) mass is 329 g/mol. The molecule has 0 saturated carbocycles. The molecule has 2 aromatic carbocycles. The van der Waals surface area contributed by atoms with E-state index in [2.05, 4.69) is 6.07 Å². The van der Waals surface area contributed by atoms with Crippen molar-refractivity contribution in [3.63, 3.8) is 0 Å². The summed E-state index contributed by atoms with van der Waals surface area (Å²) in [6, 6.07) is 12.9. The third-order valence-electron chi connectivity index (χ3n) is 4.19. The number of rotatable bonds is 1. The molecule has 1 aliphatic carbocycles. The molecular formula is C19H12BNO2S. The second kappa shape index (κ2) is 5.53. The molecule has 24 heavy (non-hydrogen) atoms. The van der Waals surface area contributed by atoms with E-state index in [4.69, 9.17) is 7.85 Å². The van der Waals surface area contributed by atoms with Crippen molar-refractivity contribution in [1.29, 1.82) is 0 Å². The summed E-state index contributed by atoms with van der Waals surface area (Å²) in [4.78, 5) is 28.1. The highest BCUT2D eigenvalue weighted by molar-refractivity contribution is 8.03. The van der Waals surface area contributed by atoms with Gasteiger partial charge in [-0.3, -0.25) is 9.59 Å². The van der Waals surface area contributed by atoms with Crippen LogP contribution < -0.4 is 10.4 Å². The van der Waals surface area contributed by atoms with Crippen molar-refractivity contribution >= 4 is 42.3 Å². The average Bonchev–Trinajstić information content (AvgIpc) is 3.02. The second-order valence-corrected chi connectivity index (χ2v) is 6.74.